The molecule has 2 aromatic carbocycles. The van der Waals surface area contributed by atoms with Crippen LogP contribution < -0.4 is 16.4 Å². The van der Waals surface area contributed by atoms with Crippen molar-refractivity contribution in [2.45, 2.75) is 18.9 Å². The van der Waals surface area contributed by atoms with Crippen molar-refractivity contribution in [2.75, 3.05) is 18.4 Å². The predicted molar refractivity (Wildman–Crippen MR) is 110 cm³/mol. The summed E-state index contributed by atoms with van der Waals surface area (Å²) in [4.78, 5) is 32.0. The van der Waals surface area contributed by atoms with Gasteiger partial charge in [0.2, 0.25) is 5.91 Å². The number of nitrogens with zero attached hydrogens (tertiary/aromatic N) is 2. The van der Waals surface area contributed by atoms with E-state index in [1.807, 2.05) is 6.07 Å². The third-order valence-corrected chi connectivity index (χ3v) is 5.09. The van der Waals surface area contributed by atoms with Crippen molar-refractivity contribution in [2.24, 2.45) is 5.73 Å². The number of rotatable bonds is 5. The number of piperidine rings is 1. The smallest absolute Gasteiger partial charge is 0.337 e. The van der Waals surface area contributed by atoms with Crippen molar-refractivity contribution >= 4 is 28.6 Å². The van der Waals surface area contributed by atoms with Crippen molar-refractivity contribution in [3.8, 4) is 11.1 Å². The Morgan fingerprint density at radius 3 is 2.76 bits per heavy atom. The number of anilines is 1. The molecule has 0 bridgehead atoms. The fourth-order valence-corrected chi connectivity index (χ4v) is 3.63. The van der Waals surface area contributed by atoms with Crippen molar-refractivity contribution in [3.05, 3.63) is 53.9 Å². The molecule has 1 amide bonds. The molecule has 8 heteroatoms. The van der Waals surface area contributed by atoms with Gasteiger partial charge in [0, 0.05) is 23.5 Å². The van der Waals surface area contributed by atoms with E-state index in [1.54, 1.807) is 30.3 Å². The molecular formula is C21H21N5O3. The highest BCUT2D eigenvalue weighted by atomic mass is 16.4. The summed E-state index contributed by atoms with van der Waals surface area (Å²) in [6.07, 6.45) is 3.44. The van der Waals surface area contributed by atoms with Crippen molar-refractivity contribution in [1.29, 1.82) is 0 Å². The molecule has 3 aromatic rings. The fraction of sp³-hybridized carbons (Fsp3) is 0.238. The molecule has 1 aromatic heterocycles. The Morgan fingerprint density at radius 1 is 1.17 bits per heavy atom. The van der Waals surface area contributed by atoms with Crippen LogP contribution in [-0.4, -0.2) is 46.1 Å². The molecule has 0 saturated carbocycles. The highest BCUT2D eigenvalue weighted by Crippen LogP contribution is 2.31. The van der Waals surface area contributed by atoms with Gasteiger partial charge in [-0.1, -0.05) is 12.1 Å². The summed E-state index contributed by atoms with van der Waals surface area (Å²) >= 11 is 0. The second-order valence-electron chi connectivity index (χ2n) is 7.08. The van der Waals surface area contributed by atoms with Gasteiger partial charge in [0.25, 0.3) is 0 Å². The lowest BCUT2D eigenvalue weighted by atomic mass is 9.98. The molecule has 1 atom stereocenters. The Kier molecular flexibility index (Phi) is 5.09. The van der Waals surface area contributed by atoms with Gasteiger partial charge in [0.15, 0.2) is 0 Å². The van der Waals surface area contributed by atoms with Crippen LogP contribution in [0.15, 0.2) is 42.7 Å². The number of carboxylic acid groups (broad SMARTS) is 1. The standard InChI is InChI=1S/C21H21N5O3/c22-19(27)13-4-1-3-12(7-13)14-8-16-18(17(9-14)21(28)29)24-11-25-20(16)26-15-5-2-6-23-10-15/h1,3-4,7-9,11,15,23H,2,5-6,10H2,(H2,22,27)(H,28,29)(H,24,25,26)/t15-/m0/s1. The summed E-state index contributed by atoms with van der Waals surface area (Å²) in [7, 11) is 0. The van der Waals surface area contributed by atoms with Gasteiger partial charge in [-0.15, -0.1) is 0 Å². The van der Waals surface area contributed by atoms with E-state index in [0.717, 1.165) is 25.9 Å². The first kappa shape index (κ1) is 18.8. The topological polar surface area (TPSA) is 130 Å². The molecule has 1 aliphatic rings. The van der Waals surface area contributed by atoms with Crippen LogP contribution in [0.3, 0.4) is 0 Å². The lowest BCUT2D eigenvalue weighted by molar-refractivity contribution is 0.0698. The third-order valence-electron chi connectivity index (χ3n) is 5.09. The minimum Gasteiger partial charge on any atom is -0.478 e. The van der Waals surface area contributed by atoms with E-state index in [1.165, 1.54) is 6.33 Å². The monoisotopic (exact) mass is 391 g/mol. The maximum absolute atomic E-state index is 11.9. The molecule has 0 radical (unpaired) electrons. The Balaban J connectivity index is 1.85. The maximum atomic E-state index is 11.9. The van der Waals surface area contributed by atoms with Gasteiger partial charge >= 0.3 is 5.97 Å². The normalized spacial score (nSPS) is 16.5. The summed E-state index contributed by atoms with van der Waals surface area (Å²) in [5, 5.41) is 17.1. The molecule has 148 valence electrons. The predicted octanol–water partition coefficient (Wildman–Crippen LogP) is 2.26. The number of benzene rings is 2. The van der Waals surface area contributed by atoms with E-state index >= 15 is 0 Å². The molecule has 29 heavy (non-hydrogen) atoms. The lowest BCUT2D eigenvalue weighted by Gasteiger charge is -2.25. The number of aromatic carboxylic acids is 1. The number of carbonyl (C=O) groups excluding carboxylic acids is 1. The summed E-state index contributed by atoms with van der Waals surface area (Å²) in [6, 6.07) is 10.4. The van der Waals surface area contributed by atoms with Gasteiger partial charge < -0.3 is 21.5 Å². The number of aromatic nitrogens is 2. The van der Waals surface area contributed by atoms with Crippen molar-refractivity contribution in [1.82, 2.24) is 15.3 Å². The van der Waals surface area contributed by atoms with Crippen molar-refractivity contribution in [3.63, 3.8) is 0 Å². The zero-order valence-corrected chi connectivity index (χ0v) is 15.7. The van der Waals surface area contributed by atoms with Crippen molar-refractivity contribution < 1.29 is 14.7 Å². The largest absolute Gasteiger partial charge is 0.478 e. The SMILES string of the molecule is NC(=O)c1cccc(-c2cc(C(=O)O)c3ncnc(N[C@H]4CCCNC4)c3c2)c1. The Hall–Kier alpha value is -3.52. The van der Waals surface area contributed by atoms with Crippen LogP contribution in [-0.2, 0) is 0 Å². The van der Waals surface area contributed by atoms with E-state index in [4.69, 9.17) is 5.73 Å². The minimum absolute atomic E-state index is 0.0780. The highest BCUT2D eigenvalue weighted by molar-refractivity contribution is 6.07. The zero-order valence-electron chi connectivity index (χ0n) is 15.7. The van der Waals surface area contributed by atoms with Gasteiger partial charge in [-0.25, -0.2) is 14.8 Å². The number of nitrogens with one attached hydrogen (secondary N) is 2. The summed E-state index contributed by atoms with van der Waals surface area (Å²) in [5.41, 5.74) is 7.54. The number of carboxylic acids is 1. The highest BCUT2D eigenvalue weighted by Gasteiger charge is 2.19. The van der Waals surface area contributed by atoms with Crippen LogP contribution in [0.4, 0.5) is 5.82 Å². The summed E-state index contributed by atoms with van der Waals surface area (Å²) in [6.45, 7) is 1.81. The second kappa shape index (κ2) is 7.84. The number of primary amides is 1. The first-order valence-electron chi connectivity index (χ1n) is 9.42. The van der Waals surface area contributed by atoms with Crippen LogP contribution in [0, 0.1) is 0 Å². The van der Waals surface area contributed by atoms with E-state index in [-0.39, 0.29) is 11.6 Å². The van der Waals surface area contributed by atoms with E-state index in [0.29, 0.717) is 33.4 Å². The first-order valence-corrected chi connectivity index (χ1v) is 9.42. The Bertz CT molecular complexity index is 1090. The molecule has 1 fully saturated rings. The quantitative estimate of drug-likeness (QED) is 0.525. The molecule has 0 unspecified atom stereocenters. The van der Waals surface area contributed by atoms with Crippen LogP contribution >= 0.6 is 0 Å². The molecule has 5 N–H and O–H groups in total. The number of carbonyl (C=O) groups is 2. The van der Waals surface area contributed by atoms with Gasteiger partial charge in [-0.3, -0.25) is 4.79 Å². The van der Waals surface area contributed by atoms with Gasteiger partial charge in [-0.05, 0) is 54.8 Å². The van der Waals surface area contributed by atoms with Crippen LogP contribution in [0.25, 0.3) is 22.0 Å². The third kappa shape index (κ3) is 3.88. The molecule has 0 aliphatic carbocycles. The minimum atomic E-state index is -1.08. The number of hydrogen-bond acceptors (Lipinski definition) is 6. The lowest BCUT2D eigenvalue weighted by Crippen LogP contribution is -2.38. The molecule has 8 nitrogen and oxygen atoms in total. The van der Waals surface area contributed by atoms with Crippen LogP contribution in [0.1, 0.15) is 33.6 Å². The summed E-state index contributed by atoms with van der Waals surface area (Å²) < 4.78 is 0. The van der Waals surface area contributed by atoms with Crippen LogP contribution in [0.5, 0.6) is 0 Å². The molecule has 1 saturated heterocycles. The average Bonchev–Trinajstić information content (AvgIpc) is 2.74. The maximum Gasteiger partial charge on any atom is 0.337 e. The fourth-order valence-electron chi connectivity index (χ4n) is 3.63. The van der Waals surface area contributed by atoms with E-state index in [2.05, 4.69) is 20.6 Å². The molecule has 2 heterocycles. The zero-order chi connectivity index (χ0) is 20.4. The van der Waals surface area contributed by atoms with E-state index in [9.17, 15) is 14.7 Å². The van der Waals surface area contributed by atoms with E-state index < -0.39 is 11.9 Å². The van der Waals surface area contributed by atoms with Gasteiger partial charge in [-0.2, -0.15) is 0 Å². The first-order chi connectivity index (χ1) is 14.0. The average molecular weight is 391 g/mol. The Morgan fingerprint density at radius 2 is 2.03 bits per heavy atom. The van der Waals surface area contributed by atoms with Crippen LogP contribution in [0.2, 0.25) is 0 Å². The number of fused-ring (bicyclic) bond motifs is 1. The van der Waals surface area contributed by atoms with Gasteiger partial charge in [0.05, 0.1) is 11.1 Å². The Labute approximate surface area is 167 Å². The molecule has 4 rings (SSSR count). The number of amides is 1. The second-order valence-corrected chi connectivity index (χ2v) is 7.08. The van der Waals surface area contributed by atoms with Gasteiger partial charge in [0.1, 0.15) is 12.1 Å². The summed E-state index contributed by atoms with van der Waals surface area (Å²) in [5.74, 6) is -1.02. The number of hydrogen-bond donors (Lipinski definition) is 4. The molecule has 1 aliphatic heterocycles. The molecule has 0 spiro atoms. The molecular weight excluding hydrogens is 370 g/mol. The number of nitrogens with two attached hydrogens (primary N) is 1.